The lowest BCUT2D eigenvalue weighted by Crippen LogP contribution is -2.30. The third-order valence-electron chi connectivity index (χ3n) is 3.80. The molecule has 0 saturated heterocycles. The van der Waals surface area contributed by atoms with Crippen molar-refractivity contribution in [3.8, 4) is 6.07 Å². The predicted octanol–water partition coefficient (Wildman–Crippen LogP) is 4.02. The summed E-state index contributed by atoms with van der Waals surface area (Å²) < 4.78 is 0. The smallest absolute Gasteiger partial charge is 0.0992 e. The Morgan fingerprint density at radius 2 is 1.95 bits per heavy atom. The highest BCUT2D eigenvalue weighted by atomic mass is 32.2. The molecular formula is C18H19N3S. The highest BCUT2D eigenvalue weighted by Gasteiger charge is 2.24. The molecule has 0 radical (unpaired) electrons. The van der Waals surface area contributed by atoms with Gasteiger partial charge in [0, 0.05) is 16.3 Å². The van der Waals surface area contributed by atoms with Crippen molar-refractivity contribution in [2.24, 2.45) is 5.92 Å². The van der Waals surface area contributed by atoms with Gasteiger partial charge in [-0.05, 0) is 49.8 Å². The average Bonchev–Trinajstić information content (AvgIpc) is 2.54. The van der Waals surface area contributed by atoms with E-state index < -0.39 is 0 Å². The summed E-state index contributed by atoms with van der Waals surface area (Å²) in [7, 11) is 1.98. The Kier molecular flexibility index (Phi) is 4.37. The molecule has 0 aromatic heterocycles. The lowest BCUT2D eigenvalue weighted by atomic mass is 10.1. The van der Waals surface area contributed by atoms with Gasteiger partial charge in [-0.15, -0.1) is 0 Å². The van der Waals surface area contributed by atoms with Crippen LogP contribution in [0.25, 0.3) is 0 Å². The molecule has 1 atom stereocenters. The number of hydrogen-bond acceptors (Lipinski definition) is 4. The molecule has 0 saturated carbocycles. The van der Waals surface area contributed by atoms with Crippen LogP contribution in [-0.2, 0) is 0 Å². The van der Waals surface area contributed by atoms with Crippen molar-refractivity contribution in [3.63, 3.8) is 0 Å². The van der Waals surface area contributed by atoms with Crippen LogP contribution < -0.4 is 10.2 Å². The molecule has 1 N–H and O–H groups in total. The molecule has 2 aromatic carbocycles. The van der Waals surface area contributed by atoms with Gasteiger partial charge in [0.05, 0.1) is 23.0 Å². The molecule has 1 aliphatic rings. The second-order valence-electron chi connectivity index (χ2n) is 5.64. The zero-order valence-electron chi connectivity index (χ0n) is 12.8. The predicted molar refractivity (Wildman–Crippen MR) is 91.8 cm³/mol. The van der Waals surface area contributed by atoms with E-state index in [0.29, 0.717) is 11.5 Å². The van der Waals surface area contributed by atoms with E-state index in [1.165, 1.54) is 15.5 Å². The number of rotatable bonds is 4. The zero-order chi connectivity index (χ0) is 15.5. The maximum absolute atomic E-state index is 9.20. The Bertz CT molecular complexity index is 721. The summed E-state index contributed by atoms with van der Waals surface area (Å²) in [6.07, 6.45) is 0. The first-order chi connectivity index (χ1) is 10.7. The van der Waals surface area contributed by atoms with E-state index in [1.807, 2.05) is 19.2 Å². The summed E-state index contributed by atoms with van der Waals surface area (Å²) in [6.45, 7) is 4.15. The lowest BCUT2D eigenvalue weighted by molar-refractivity contribution is 0.547. The summed E-state index contributed by atoms with van der Waals surface area (Å²) in [5, 5.41) is 12.4. The number of anilines is 2. The number of hydrogen-bond donors (Lipinski definition) is 1. The molecule has 0 bridgehead atoms. The fourth-order valence-electron chi connectivity index (χ4n) is 2.82. The van der Waals surface area contributed by atoms with E-state index in [2.05, 4.69) is 53.5 Å². The Morgan fingerprint density at radius 3 is 2.73 bits per heavy atom. The van der Waals surface area contributed by atoms with Crippen LogP contribution in [0, 0.1) is 17.2 Å². The molecule has 0 aliphatic carbocycles. The number of nitrogens with zero attached hydrogens (tertiary/aromatic N) is 2. The standard InChI is InChI=1S/C18H19N3S/c1-13(11-20-2)12-21-15-5-3-4-6-17(15)22-18-8-7-14(10-19)9-16(18)21/h3-9,13,20H,11-12H2,1-2H3. The van der Waals surface area contributed by atoms with Crippen LogP contribution in [0.5, 0.6) is 0 Å². The first-order valence-electron chi connectivity index (χ1n) is 7.46. The summed E-state index contributed by atoms with van der Waals surface area (Å²) in [4.78, 5) is 4.84. The molecule has 112 valence electrons. The van der Waals surface area contributed by atoms with Crippen molar-refractivity contribution in [3.05, 3.63) is 48.0 Å². The van der Waals surface area contributed by atoms with Crippen LogP contribution in [0.2, 0.25) is 0 Å². The second kappa shape index (κ2) is 6.43. The van der Waals surface area contributed by atoms with Crippen LogP contribution in [0.4, 0.5) is 11.4 Å². The van der Waals surface area contributed by atoms with Crippen molar-refractivity contribution in [1.29, 1.82) is 5.26 Å². The number of nitrogens with one attached hydrogen (secondary N) is 1. The first-order valence-corrected chi connectivity index (χ1v) is 8.27. The van der Waals surface area contributed by atoms with E-state index in [0.717, 1.165) is 18.8 Å². The maximum Gasteiger partial charge on any atom is 0.0992 e. The monoisotopic (exact) mass is 309 g/mol. The van der Waals surface area contributed by atoms with Crippen molar-refractivity contribution >= 4 is 23.1 Å². The number of fused-ring (bicyclic) bond motifs is 2. The van der Waals surface area contributed by atoms with Crippen LogP contribution in [0.3, 0.4) is 0 Å². The van der Waals surface area contributed by atoms with E-state index >= 15 is 0 Å². The molecule has 3 rings (SSSR count). The van der Waals surface area contributed by atoms with Gasteiger partial charge in [-0.25, -0.2) is 0 Å². The van der Waals surface area contributed by atoms with Crippen molar-refractivity contribution < 1.29 is 0 Å². The number of nitriles is 1. The number of para-hydroxylation sites is 1. The van der Waals surface area contributed by atoms with Gasteiger partial charge >= 0.3 is 0 Å². The molecule has 0 spiro atoms. The fraction of sp³-hybridized carbons (Fsp3) is 0.278. The highest BCUT2D eigenvalue weighted by molar-refractivity contribution is 7.99. The van der Waals surface area contributed by atoms with Gasteiger partial charge in [-0.3, -0.25) is 0 Å². The molecular weight excluding hydrogens is 290 g/mol. The summed E-state index contributed by atoms with van der Waals surface area (Å²) in [6, 6.07) is 16.7. The van der Waals surface area contributed by atoms with Gasteiger partial charge in [0.15, 0.2) is 0 Å². The molecule has 0 amide bonds. The van der Waals surface area contributed by atoms with Gasteiger partial charge in [-0.1, -0.05) is 30.8 Å². The van der Waals surface area contributed by atoms with Crippen LogP contribution in [-0.4, -0.2) is 20.1 Å². The van der Waals surface area contributed by atoms with Gasteiger partial charge in [-0.2, -0.15) is 5.26 Å². The van der Waals surface area contributed by atoms with E-state index in [-0.39, 0.29) is 0 Å². The Balaban J connectivity index is 2.04. The molecule has 1 unspecified atom stereocenters. The van der Waals surface area contributed by atoms with Crippen molar-refractivity contribution in [2.45, 2.75) is 16.7 Å². The topological polar surface area (TPSA) is 39.1 Å². The molecule has 0 fully saturated rings. The lowest BCUT2D eigenvalue weighted by Gasteiger charge is -2.34. The molecule has 4 heteroatoms. The largest absolute Gasteiger partial charge is 0.339 e. The third kappa shape index (κ3) is 2.83. The Hall–Kier alpha value is -1.96. The highest BCUT2D eigenvalue weighted by Crippen LogP contribution is 2.48. The minimum Gasteiger partial charge on any atom is -0.339 e. The number of benzene rings is 2. The van der Waals surface area contributed by atoms with Gasteiger partial charge in [0.25, 0.3) is 0 Å². The zero-order valence-corrected chi connectivity index (χ0v) is 13.7. The van der Waals surface area contributed by atoms with E-state index in [9.17, 15) is 5.26 Å². The van der Waals surface area contributed by atoms with Crippen molar-refractivity contribution in [2.75, 3.05) is 25.0 Å². The maximum atomic E-state index is 9.20. The molecule has 2 aromatic rings. The second-order valence-corrected chi connectivity index (χ2v) is 6.72. The van der Waals surface area contributed by atoms with Crippen LogP contribution in [0.15, 0.2) is 52.3 Å². The van der Waals surface area contributed by atoms with Gasteiger partial charge in [0.2, 0.25) is 0 Å². The molecule has 3 nitrogen and oxygen atoms in total. The SMILES string of the molecule is CNCC(C)CN1c2ccccc2Sc2ccc(C#N)cc21. The van der Waals surface area contributed by atoms with Crippen LogP contribution in [0.1, 0.15) is 12.5 Å². The first kappa shape index (κ1) is 15.0. The van der Waals surface area contributed by atoms with Crippen LogP contribution >= 0.6 is 11.8 Å². The van der Waals surface area contributed by atoms with Crippen molar-refractivity contribution in [1.82, 2.24) is 5.32 Å². The van der Waals surface area contributed by atoms with Gasteiger partial charge in [0.1, 0.15) is 0 Å². The fourth-order valence-corrected chi connectivity index (χ4v) is 3.90. The minimum absolute atomic E-state index is 0.514. The van der Waals surface area contributed by atoms with Gasteiger partial charge < -0.3 is 10.2 Å². The normalized spacial score (nSPS) is 14.0. The summed E-state index contributed by atoms with van der Waals surface area (Å²) >= 11 is 1.78. The Morgan fingerprint density at radius 1 is 1.18 bits per heavy atom. The summed E-state index contributed by atoms with van der Waals surface area (Å²) in [5.74, 6) is 0.514. The minimum atomic E-state index is 0.514. The Labute approximate surface area is 135 Å². The third-order valence-corrected chi connectivity index (χ3v) is 4.93. The van der Waals surface area contributed by atoms with E-state index in [4.69, 9.17) is 0 Å². The average molecular weight is 309 g/mol. The molecule has 22 heavy (non-hydrogen) atoms. The summed E-state index contributed by atoms with van der Waals surface area (Å²) in [5.41, 5.74) is 3.09. The van der Waals surface area contributed by atoms with E-state index in [1.54, 1.807) is 11.8 Å². The quantitative estimate of drug-likeness (QED) is 0.926. The molecule has 1 heterocycles. The molecule has 1 aliphatic heterocycles.